The van der Waals surface area contributed by atoms with Gasteiger partial charge in [0.15, 0.2) is 17.3 Å². The Balaban J connectivity index is 1.97. The van der Waals surface area contributed by atoms with E-state index in [1.165, 1.54) is 11.0 Å². The lowest BCUT2D eigenvalue weighted by Gasteiger charge is -2.11. The van der Waals surface area contributed by atoms with Gasteiger partial charge in [0, 0.05) is 25.2 Å². The van der Waals surface area contributed by atoms with E-state index in [4.69, 9.17) is 4.42 Å². The van der Waals surface area contributed by atoms with Crippen molar-refractivity contribution in [2.75, 3.05) is 14.1 Å². The molecule has 25 heavy (non-hydrogen) atoms. The number of oxazole rings is 1. The number of hydrogen-bond acceptors (Lipinski definition) is 5. The van der Waals surface area contributed by atoms with Crippen LogP contribution >= 0.6 is 0 Å². The Morgan fingerprint density at radius 1 is 1.12 bits per heavy atom. The molecule has 3 aromatic rings. The number of hydrogen-bond donors (Lipinski definition) is 0. The van der Waals surface area contributed by atoms with Crippen LogP contribution in [0.5, 0.6) is 0 Å². The predicted octanol–water partition coefficient (Wildman–Crippen LogP) is 3.02. The molecule has 0 N–H and O–H groups in total. The number of nitrogens with zero attached hydrogens (tertiary/aromatic N) is 3. The molecule has 1 amide bonds. The van der Waals surface area contributed by atoms with Crippen molar-refractivity contribution in [1.29, 1.82) is 5.26 Å². The fourth-order valence-corrected chi connectivity index (χ4v) is 2.47. The van der Waals surface area contributed by atoms with E-state index in [2.05, 4.69) is 4.98 Å². The number of carbonyl (C=O) groups is 2. The molecular weight excluding hydrogens is 318 g/mol. The van der Waals surface area contributed by atoms with Gasteiger partial charge in [0.1, 0.15) is 5.52 Å². The summed E-state index contributed by atoms with van der Waals surface area (Å²) < 4.78 is 5.55. The molecule has 0 spiro atoms. The Morgan fingerprint density at radius 3 is 2.52 bits per heavy atom. The van der Waals surface area contributed by atoms with Gasteiger partial charge in [-0.3, -0.25) is 9.59 Å². The number of Topliss-reactive ketones (excluding diaryl/α,β-unsaturated/α-hetero) is 1. The molecule has 0 aliphatic carbocycles. The average Bonchev–Trinajstić information content (AvgIpc) is 3.05. The summed E-state index contributed by atoms with van der Waals surface area (Å²) in [5.74, 6) is -1.79. The summed E-state index contributed by atoms with van der Waals surface area (Å²) in [6, 6.07) is 15.3. The first kappa shape index (κ1) is 16.4. The van der Waals surface area contributed by atoms with Gasteiger partial charge < -0.3 is 9.32 Å². The largest absolute Gasteiger partial charge is 0.439 e. The average molecular weight is 333 g/mol. The third-order valence-electron chi connectivity index (χ3n) is 3.75. The molecule has 6 heteroatoms. The Labute approximate surface area is 144 Å². The molecule has 1 aromatic heterocycles. The van der Waals surface area contributed by atoms with E-state index in [0.29, 0.717) is 16.7 Å². The molecule has 0 aliphatic rings. The molecule has 3 rings (SSSR count). The third kappa shape index (κ3) is 3.12. The van der Waals surface area contributed by atoms with E-state index in [9.17, 15) is 14.9 Å². The molecule has 0 saturated carbocycles. The zero-order valence-electron chi connectivity index (χ0n) is 13.8. The Bertz CT molecular complexity index is 965. The van der Waals surface area contributed by atoms with Crippen molar-refractivity contribution in [3.05, 3.63) is 65.5 Å². The quantitative estimate of drug-likeness (QED) is 0.685. The summed E-state index contributed by atoms with van der Waals surface area (Å²) in [6.07, 6.45) is 0. The molecule has 0 fully saturated rings. The van der Waals surface area contributed by atoms with Crippen molar-refractivity contribution >= 4 is 22.8 Å². The van der Waals surface area contributed by atoms with Crippen molar-refractivity contribution in [1.82, 2.24) is 9.88 Å². The van der Waals surface area contributed by atoms with Crippen LogP contribution in [0.2, 0.25) is 0 Å². The summed E-state index contributed by atoms with van der Waals surface area (Å²) in [7, 11) is 3.26. The lowest BCUT2D eigenvalue weighted by atomic mass is 9.97. The van der Waals surface area contributed by atoms with Gasteiger partial charge in [-0.05, 0) is 24.3 Å². The maximum Gasteiger partial charge on any atom is 0.253 e. The van der Waals surface area contributed by atoms with Crippen LogP contribution in [-0.2, 0) is 0 Å². The number of fused-ring (bicyclic) bond motifs is 1. The number of nitriles is 1. The highest BCUT2D eigenvalue weighted by atomic mass is 16.3. The first-order valence-electron chi connectivity index (χ1n) is 7.62. The predicted molar refractivity (Wildman–Crippen MR) is 91.2 cm³/mol. The van der Waals surface area contributed by atoms with Gasteiger partial charge in [-0.25, -0.2) is 4.98 Å². The smallest absolute Gasteiger partial charge is 0.253 e. The van der Waals surface area contributed by atoms with Crippen LogP contribution in [0.1, 0.15) is 32.5 Å². The van der Waals surface area contributed by atoms with Crippen LogP contribution in [0.4, 0.5) is 0 Å². The van der Waals surface area contributed by atoms with Gasteiger partial charge in [0.05, 0.1) is 6.07 Å². The number of para-hydroxylation sites is 2. The van der Waals surface area contributed by atoms with Gasteiger partial charge >= 0.3 is 0 Å². The second kappa shape index (κ2) is 6.57. The lowest BCUT2D eigenvalue weighted by Crippen LogP contribution is -2.22. The summed E-state index contributed by atoms with van der Waals surface area (Å²) >= 11 is 0. The van der Waals surface area contributed by atoms with Crippen LogP contribution in [0, 0.1) is 11.3 Å². The fourth-order valence-electron chi connectivity index (χ4n) is 2.47. The highest BCUT2D eigenvalue weighted by Crippen LogP contribution is 2.24. The topological polar surface area (TPSA) is 87.2 Å². The first-order chi connectivity index (χ1) is 12.0. The molecule has 0 saturated heterocycles. The molecule has 0 aliphatic heterocycles. The normalized spacial score (nSPS) is 11.7. The Morgan fingerprint density at radius 2 is 1.84 bits per heavy atom. The molecule has 124 valence electrons. The first-order valence-corrected chi connectivity index (χ1v) is 7.62. The number of aromatic nitrogens is 1. The molecule has 6 nitrogen and oxygen atoms in total. The van der Waals surface area contributed by atoms with E-state index < -0.39 is 11.7 Å². The standard InChI is InChI=1S/C19H15N3O3/c1-22(2)19(24)13-7-5-6-12(10-13)17(23)14(11-20)18-21-15-8-3-4-9-16(15)25-18/h3-10,14H,1-2H3/t14-/m1/s1. The van der Waals surface area contributed by atoms with Gasteiger partial charge in [-0.2, -0.15) is 5.26 Å². The number of carbonyl (C=O) groups excluding carboxylic acids is 2. The van der Waals surface area contributed by atoms with E-state index in [0.717, 1.165) is 0 Å². The SMILES string of the molecule is CN(C)C(=O)c1cccc(C(=O)[C@@H](C#N)c2nc3ccccc3o2)c1. The lowest BCUT2D eigenvalue weighted by molar-refractivity contribution is 0.0827. The van der Waals surface area contributed by atoms with Gasteiger partial charge in [0.25, 0.3) is 5.91 Å². The zero-order valence-corrected chi connectivity index (χ0v) is 13.8. The van der Waals surface area contributed by atoms with Crippen LogP contribution in [-0.4, -0.2) is 35.7 Å². The van der Waals surface area contributed by atoms with E-state index in [-0.39, 0.29) is 17.4 Å². The van der Waals surface area contributed by atoms with Crippen molar-refractivity contribution < 1.29 is 14.0 Å². The van der Waals surface area contributed by atoms with Crippen molar-refractivity contribution in [3.8, 4) is 6.07 Å². The molecule has 2 aromatic carbocycles. The summed E-state index contributed by atoms with van der Waals surface area (Å²) in [5, 5.41) is 9.46. The third-order valence-corrected chi connectivity index (χ3v) is 3.75. The highest BCUT2D eigenvalue weighted by molar-refractivity contribution is 6.04. The molecule has 1 atom stereocenters. The van der Waals surface area contributed by atoms with E-state index in [1.54, 1.807) is 56.6 Å². The summed E-state index contributed by atoms with van der Waals surface area (Å²) in [5.41, 5.74) is 1.75. The Kier molecular flexibility index (Phi) is 4.31. The van der Waals surface area contributed by atoms with Gasteiger partial charge in [0.2, 0.25) is 5.89 Å². The van der Waals surface area contributed by atoms with Crippen LogP contribution in [0.25, 0.3) is 11.1 Å². The maximum absolute atomic E-state index is 12.8. The highest BCUT2D eigenvalue weighted by Gasteiger charge is 2.27. The summed E-state index contributed by atoms with van der Waals surface area (Å²) in [6.45, 7) is 0. The van der Waals surface area contributed by atoms with E-state index in [1.807, 2.05) is 6.07 Å². The number of rotatable bonds is 4. The van der Waals surface area contributed by atoms with Gasteiger partial charge in [-0.15, -0.1) is 0 Å². The maximum atomic E-state index is 12.8. The second-order valence-corrected chi connectivity index (χ2v) is 5.73. The fraction of sp³-hybridized carbons (Fsp3) is 0.158. The Hall–Kier alpha value is -3.46. The van der Waals surface area contributed by atoms with Crippen LogP contribution in [0.3, 0.4) is 0 Å². The zero-order chi connectivity index (χ0) is 18.0. The molecule has 0 unspecified atom stereocenters. The van der Waals surface area contributed by atoms with Crippen LogP contribution < -0.4 is 0 Å². The van der Waals surface area contributed by atoms with Crippen molar-refractivity contribution in [2.24, 2.45) is 0 Å². The number of ketones is 1. The molecular formula is C19H15N3O3. The number of amides is 1. The molecule has 1 heterocycles. The van der Waals surface area contributed by atoms with E-state index >= 15 is 0 Å². The molecule has 0 radical (unpaired) electrons. The minimum absolute atomic E-state index is 0.0537. The van der Waals surface area contributed by atoms with Crippen molar-refractivity contribution in [2.45, 2.75) is 5.92 Å². The number of benzene rings is 2. The molecule has 0 bridgehead atoms. The van der Waals surface area contributed by atoms with Crippen molar-refractivity contribution in [3.63, 3.8) is 0 Å². The summed E-state index contributed by atoms with van der Waals surface area (Å²) in [4.78, 5) is 30.5. The minimum Gasteiger partial charge on any atom is -0.439 e. The monoisotopic (exact) mass is 333 g/mol. The second-order valence-electron chi connectivity index (χ2n) is 5.73. The van der Waals surface area contributed by atoms with Gasteiger partial charge in [-0.1, -0.05) is 24.3 Å². The van der Waals surface area contributed by atoms with Crippen LogP contribution in [0.15, 0.2) is 52.9 Å². The minimum atomic E-state index is -1.17.